The molecule has 0 fully saturated rings. The Bertz CT molecular complexity index is 1350. The lowest BCUT2D eigenvalue weighted by Gasteiger charge is -2.21. The summed E-state index contributed by atoms with van der Waals surface area (Å²) < 4.78 is 33.1. The Labute approximate surface area is 219 Å². The van der Waals surface area contributed by atoms with Crippen molar-refractivity contribution < 1.29 is 23.1 Å². The van der Waals surface area contributed by atoms with Crippen molar-refractivity contribution in [3.8, 4) is 11.5 Å². The highest BCUT2D eigenvalue weighted by Gasteiger charge is 2.15. The molecule has 0 unspecified atom stereocenters. The number of urea groups is 1. The standard InChI is InChI=1S/C28H29F2N5O3/c1-17(28(2,3)4)12-25(33-21-14-18(29)13-19(30)15-21)35-27(37)34-20-6-8-22(9-7-20)38-23-10-11-32-24(16-23)26(36)31-5/h6-16,33H,1H2,2-5H3,(H,31,36)(H2,34,35,37)/b25-12+. The molecule has 8 nitrogen and oxygen atoms in total. The molecule has 38 heavy (non-hydrogen) atoms. The first-order valence-corrected chi connectivity index (χ1v) is 11.6. The largest absolute Gasteiger partial charge is 0.457 e. The molecule has 0 atom stereocenters. The van der Waals surface area contributed by atoms with Crippen LogP contribution in [0.3, 0.4) is 0 Å². The highest BCUT2D eigenvalue weighted by atomic mass is 19.1. The first-order chi connectivity index (χ1) is 17.9. The summed E-state index contributed by atoms with van der Waals surface area (Å²) in [5.41, 5.74) is 1.15. The summed E-state index contributed by atoms with van der Waals surface area (Å²) >= 11 is 0. The van der Waals surface area contributed by atoms with Crippen molar-refractivity contribution in [2.24, 2.45) is 5.41 Å². The number of hydrogen-bond donors (Lipinski definition) is 4. The number of allylic oxidation sites excluding steroid dienone is 2. The molecule has 4 N–H and O–H groups in total. The summed E-state index contributed by atoms with van der Waals surface area (Å²) in [7, 11) is 1.51. The molecule has 0 radical (unpaired) electrons. The molecule has 198 valence electrons. The first-order valence-electron chi connectivity index (χ1n) is 11.6. The number of nitrogens with zero attached hydrogens (tertiary/aromatic N) is 1. The van der Waals surface area contributed by atoms with Gasteiger partial charge in [-0.25, -0.2) is 13.6 Å². The number of halogens is 2. The van der Waals surface area contributed by atoms with E-state index in [1.165, 1.54) is 19.3 Å². The van der Waals surface area contributed by atoms with Gasteiger partial charge in [0.05, 0.1) is 0 Å². The van der Waals surface area contributed by atoms with Gasteiger partial charge in [0.25, 0.3) is 5.91 Å². The molecule has 10 heteroatoms. The number of nitrogens with one attached hydrogen (secondary N) is 4. The van der Waals surface area contributed by atoms with E-state index in [2.05, 4.69) is 32.8 Å². The van der Waals surface area contributed by atoms with Gasteiger partial charge in [-0.2, -0.15) is 0 Å². The van der Waals surface area contributed by atoms with E-state index in [9.17, 15) is 18.4 Å². The fourth-order valence-electron chi connectivity index (χ4n) is 3.03. The fraction of sp³-hybridized carbons (Fsp3) is 0.179. The van der Waals surface area contributed by atoms with Crippen molar-refractivity contribution >= 4 is 23.3 Å². The van der Waals surface area contributed by atoms with E-state index in [4.69, 9.17) is 4.74 Å². The zero-order valence-electron chi connectivity index (χ0n) is 21.5. The number of amides is 3. The summed E-state index contributed by atoms with van der Waals surface area (Å²) in [6, 6.07) is 12.0. The van der Waals surface area contributed by atoms with Crippen molar-refractivity contribution in [2.45, 2.75) is 20.8 Å². The smallest absolute Gasteiger partial charge is 0.324 e. The van der Waals surface area contributed by atoms with Crippen molar-refractivity contribution in [3.05, 3.63) is 102 Å². The molecule has 0 aliphatic carbocycles. The highest BCUT2D eigenvalue weighted by Crippen LogP contribution is 2.26. The Morgan fingerprint density at radius 1 is 0.921 bits per heavy atom. The number of hydrogen-bond acceptors (Lipinski definition) is 5. The Balaban J connectivity index is 1.70. The Hall–Kier alpha value is -4.73. The molecule has 0 saturated carbocycles. The molecule has 0 spiro atoms. The predicted octanol–water partition coefficient (Wildman–Crippen LogP) is 6.19. The number of benzene rings is 2. The molecule has 0 aliphatic heterocycles. The van der Waals surface area contributed by atoms with Gasteiger partial charge in [0.15, 0.2) is 0 Å². The lowest BCUT2D eigenvalue weighted by atomic mass is 9.87. The second-order valence-electron chi connectivity index (χ2n) is 9.28. The molecule has 1 heterocycles. The zero-order chi connectivity index (χ0) is 27.9. The number of carbonyl (C=O) groups excluding carboxylic acids is 2. The number of rotatable bonds is 8. The van der Waals surface area contributed by atoms with Crippen LogP contribution >= 0.6 is 0 Å². The Kier molecular flexibility index (Phi) is 8.80. The van der Waals surface area contributed by atoms with E-state index in [0.29, 0.717) is 22.8 Å². The zero-order valence-corrected chi connectivity index (χ0v) is 21.5. The van der Waals surface area contributed by atoms with Crippen molar-refractivity contribution in [3.63, 3.8) is 0 Å². The molecule has 1 aromatic heterocycles. The van der Waals surface area contributed by atoms with Crippen LogP contribution in [0.25, 0.3) is 0 Å². The van der Waals surface area contributed by atoms with Gasteiger partial charge >= 0.3 is 6.03 Å². The molecule has 0 bridgehead atoms. The third-order valence-corrected chi connectivity index (χ3v) is 5.21. The molecule has 2 aromatic carbocycles. The number of anilines is 2. The number of pyridine rings is 1. The molecule has 3 rings (SSSR count). The maximum absolute atomic E-state index is 13.7. The number of carbonyl (C=O) groups is 2. The lowest BCUT2D eigenvalue weighted by Crippen LogP contribution is -2.31. The molecular formula is C28H29F2N5O3. The maximum Gasteiger partial charge on any atom is 0.324 e. The quantitative estimate of drug-likeness (QED) is 0.265. The average molecular weight is 522 g/mol. The molecule has 0 saturated heterocycles. The van der Waals surface area contributed by atoms with Gasteiger partial charge in [-0.1, -0.05) is 27.4 Å². The minimum absolute atomic E-state index is 0.118. The first kappa shape index (κ1) is 27.9. The predicted molar refractivity (Wildman–Crippen MR) is 143 cm³/mol. The SMILES string of the molecule is C=C(/C=C(/NC(=O)Nc1ccc(Oc2ccnc(C(=O)NC)c2)cc1)Nc1cc(F)cc(F)c1)C(C)(C)C. The Morgan fingerprint density at radius 3 is 2.18 bits per heavy atom. The Morgan fingerprint density at radius 2 is 1.58 bits per heavy atom. The van der Waals surface area contributed by atoms with Crippen LogP contribution in [0.5, 0.6) is 11.5 Å². The van der Waals surface area contributed by atoms with E-state index in [0.717, 1.165) is 18.2 Å². The topological polar surface area (TPSA) is 104 Å². The van der Waals surface area contributed by atoms with Gasteiger partial charge in [0.1, 0.15) is 34.6 Å². The summed E-state index contributed by atoms with van der Waals surface area (Å²) in [5, 5.41) is 10.7. The van der Waals surface area contributed by atoms with Gasteiger partial charge < -0.3 is 20.7 Å². The van der Waals surface area contributed by atoms with Crippen LogP contribution in [0.15, 0.2) is 84.8 Å². The summed E-state index contributed by atoms with van der Waals surface area (Å²) in [6.07, 6.45) is 3.06. The molecule has 0 aliphatic rings. The second kappa shape index (κ2) is 12.0. The summed E-state index contributed by atoms with van der Waals surface area (Å²) in [5.74, 6) is -0.781. The monoisotopic (exact) mass is 521 g/mol. The fourth-order valence-corrected chi connectivity index (χ4v) is 3.03. The molecule has 3 aromatic rings. The van der Waals surface area contributed by atoms with Gasteiger partial charge in [-0.05, 0) is 59.5 Å². The minimum atomic E-state index is -0.759. The van der Waals surface area contributed by atoms with Crippen molar-refractivity contribution in [2.75, 3.05) is 17.7 Å². The van der Waals surface area contributed by atoms with E-state index < -0.39 is 17.7 Å². The maximum atomic E-state index is 13.7. The van der Waals surface area contributed by atoms with Crippen LogP contribution in [-0.4, -0.2) is 24.0 Å². The van der Waals surface area contributed by atoms with Gasteiger partial charge in [-0.3, -0.25) is 15.1 Å². The van der Waals surface area contributed by atoms with E-state index in [1.54, 1.807) is 36.4 Å². The summed E-state index contributed by atoms with van der Waals surface area (Å²) in [6.45, 7) is 9.86. The van der Waals surface area contributed by atoms with Gasteiger partial charge in [-0.15, -0.1) is 0 Å². The van der Waals surface area contributed by atoms with Crippen LogP contribution < -0.4 is 26.0 Å². The van der Waals surface area contributed by atoms with E-state index in [-0.39, 0.29) is 28.5 Å². The minimum Gasteiger partial charge on any atom is -0.457 e. The third kappa shape index (κ3) is 8.16. The molecule has 3 amide bonds. The second-order valence-corrected chi connectivity index (χ2v) is 9.28. The van der Waals surface area contributed by atoms with Crippen molar-refractivity contribution in [1.29, 1.82) is 0 Å². The lowest BCUT2D eigenvalue weighted by molar-refractivity contribution is 0.0957. The van der Waals surface area contributed by atoms with E-state index >= 15 is 0 Å². The van der Waals surface area contributed by atoms with Crippen molar-refractivity contribution in [1.82, 2.24) is 15.6 Å². The summed E-state index contributed by atoms with van der Waals surface area (Å²) in [4.78, 5) is 28.5. The van der Waals surface area contributed by atoms with Crippen LogP contribution in [0.2, 0.25) is 0 Å². The highest BCUT2D eigenvalue weighted by molar-refractivity contribution is 5.92. The average Bonchev–Trinajstić information content (AvgIpc) is 2.83. The molecular weight excluding hydrogens is 492 g/mol. The van der Waals surface area contributed by atoms with Crippen LogP contribution in [-0.2, 0) is 0 Å². The number of ether oxygens (including phenoxy) is 1. The third-order valence-electron chi connectivity index (χ3n) is 5.21. The normalized spacial score (nSPS) is 11.4. The number of aromatic nitrogens is 1. The van der Waals surface area contributed by atoms with Gasteiger partial charge in [0, 0.05) is 36.8 Å². The van der Waals surface area contributed by atoms with E-state index in [1.807, 2.05) is 20.8 Å². The van der Waals surface area contributed by atoms with Crippen LogP contribution in [0.1, 0.15) is 31.3 Å². The van der Waals surface area contributed by atoms with Crippen LogP contribution in [0, 0.1) is 17.0 Å². The van der Waals surface area contributed by atoms with Gasteiger partial charge in [0.2, 0.25) is 0 Å². The van der Waals surface area contributed by atoms with Crippen LogP contribution in [0.4, 0.5) is 25.0 Å².